The third-order valence-corrected chi connectivity index (χ3v) is 5.25. The molecule has 2 aliphatic rings. The molecule has 1 saturated heterocycles. The van der Waals surface area contributed by atoms with Crippen LogP contribution in [0.1, 0.15) is 44.7 Å². The Kier molecular flexibility index (Phi) is 6.67. The van der Waals surface area contributed by atoms with Crippen LogP contribution in [0.5, 0.6) is 0 Å². The van der Waals surface area contributed by atoms with Gasteiger partial charge < -0.3 is 10.1 Å². The summed E-state index contributed by atoms with van der Waals surface area (Å²) in [6.45, 7) is 6.66. The Hall–Kier alpha value is -2.41. The minimum Gasteiger partial charge on any atom is -0.463 e. The van der Waals surface area contributed by atoms with Crippen molar-refractivity contribution >= 4 is 12.0 Å². The third kappa shape index (κ3) is 4.35. The maximum Gasteiger partial charge on any atom is 0.338 e. The summed E-state index contributed by atoms with van der Waals surface area (Å²) in [5.41, 5.74) is 1.57. The Morgan fingerprint density at radius 2 is 2.00 bits per heavy atom. The number of carbonyl (C=O) groups excluding carboxylic acids is 2. The fourth-order valence-electron chi connectivity index (χ4n) is 3.92. The molecule has 0 radical (unpaired) electrons. The molecule has 2 amide bonds. The highest BCUT2D eigenvalue weighted by atomic mass is 19.1. The van der Waals surface area contributed by atoms with Crippen LogP contribution in [0.4, 0.5) is 9.18 Å². The molecule has 0 spiro atoms. The van der Waals surface area contributed by atoms with E-state index < -0.39 is 17.8 Å². The molecule has 1 unspecified atom stereocenters. The summed E-state index contributed by atoms with van der Waals surface area (Å²) in [4.78, 5) is 29.6. The van der Waals surface area contributed by atoms with E-state index in [1.807, 2.05) is 6.92 Å². The number of ether oxygens (including phenoxy) is 1. The third-order valence-electron chi connectivity index (χ3n) is 5.25. The van der Waals surface area contributed by atoms with Crippen molar-refractivity contribution in [3.63, 3.8) is 0 Å². The molecule has 6 nitrogen and oxygen atoms in total. The predicted molar refractivity (Wildman–Crippen MR) is 104 cm³/mol. The Morgan fingerprint density at radius 3 is 2.64 bits per heavy atom. The first-order valence-electron chi connectivity index (χ1n) is 10.0. The number of urea groups is 1. The van der Waals surface area contributed by atoms with Gasteiger partial charge in [0.15, 0.2) is 0 Å². The number of hydrogen-bond acceptors (Lipinski definition) is 4. The predicted octanol–water partition coefficient (Wildman–Crippen LogP) is 3.22. The maximum atomic E-state index is 13.8. The fraction of sp³-hybridized carbons (Fsp3) is 0.524. The lowest BCUT2D eigenvalue weighted by atomic mass is 9.94. The SMILES string of the molecule is CCOC(=O)C1=C(CN2CCCCC2)N(CC)C(=O)NC1c1cccc(F)c1. The molecule has 0 aliphatic carbocycles. The first kappa shape index (κ1) is 20.3. The van der Waals surface area contributed by atoms with Gasteiger partial charge in [-0.05, 0) is 57.5 Å². The van der Waals surface area contributed by atoms with Gasteiger partial charge >= 0.3 is 12.0 Å². The van der Waals surface area contributed by atoms with Crippen molar-refractivity contribution in [1.82, 2.24) is 15.1 Å². The minimum absolute atomic E-state index is 0.231. The van der Waals surface area contributed by atoms with Crippen molar-refractivity contribution in [3.8, 4) is 0 Å². The zero-order valence-corrected chi connectivity index (χ0v) is 16.5. The van der Waals surface area contributed by atoms with Crippen LogP contribution in [-0.2, 0) is 9.53 Å². The molecule has 1 aromatic carbocycles. The van der Waals surface area contributed by atoms with Crippen molar-refractivity contribution in [3.05, 3.63) is 46.9 Å². The highest BCUT2D eigenvalue weighted by Gasteiger charge is 2.38. The molecule has 3 rings (SSSR count). The molecule has 152 valence electrons. The Labute approximate surface area is 165 Å². The second kappa shape index (κ2) is 9.19. The number of halogens is 1. The van der Waals surface area contributed by atoms with Crippen LogP contribution in [0.2, 0.25) is 0 Å². The number of likely N-dealkylation sites (tertiary alicyclic amines) is 1. The van der Waals surface area contributed by atoms with Crippen molar-refractivity contribution in [2.75, 3.05) is 32.8 Å². The van der Waals surface area contributed by atoms with Gasteiger partial charge in [-0.2, -0.15) is 0 Å². The van der Waals surface area contributed by atoms with Crippen molar-refractivity contribution in [2.24, 2.45) is 0 Å². The van der Waals surface area contributed by atoms with Crippen molar-refractivity contribution in [1.29, 1.82) is 0 Å². The van der Waals surface area contributed by atoms with Gasteiger partial charge in [0.1, 0.15) is 5.82 Å². The summed E-state index contributed by atoms with van der Waals surface area (Å²) in [7, 11) is 0. The number of likely N-dealkylation sites (N-methyl/N-ethyl adjacent to an activating group) is 1. The molecule has 28 heavy (non-hydrogen) atoms. The number of piperidine rings is 1. The monoisotopic (exact) mass is 389 g/mol. The number of amides is 2. The number of nitrogens with one attached hydrogen (secondary N) is 1. The summed E-state index contributed by atoms with van der Waals surface area (Å²) in [6.07, 6.45) is 3.41. The summed E-state index contributed by atoms with van der Waals surface area (Å²) in [5, 5.41) is 2.86. The zero-order valence-electron chi connectivity index (χ0n) is 16.5. The molecule has 7 heteroatoms. The molecule has 1 fully saturated rings. The average molecular weight is 389 g/mol. The van der Waals surface area contributed by atoms with E-state index in [4.69, 9.17) is 4.74 Å². The lowest BCUT2D eigenvalue weighted by molar-refractivity contribution is -0.139. The Morgan fingerprint density at radius 1 is 1.25 bits per heavy atom. The smallest absolute Gasteiger partial charge is 0.338 e. The lowest BCUT2D eigenvalue weighted by Crippen LogP contribution is -2.51. The van der Waals surface area contributed by atoms with E-state index >= 15 is 0 Å². The normalized spacial score (nSPS) is 20.9. The van der Waals surface area contributed by atoms with Crippen LogP contribution in [-0.4, -0.2) is 54.6 Å². The number of carbonyl (C=O) groups is 2. The number of nitrogens with zero attached hydrogens (tertiary/aromatic N) is 2. The average Bonchev–Trinajstić information content (AvgIpc) is 2.68. The summed E-state index contributed by atoms with van der Waals surface area (Å²) in [6, 6.07) is 4.98. The largest absolute Gasteiger partial charge is 0.463 e. The highest BCUT2D eigenvalue weighted by Crippen LogP contribution is 2.32. The van der Waals surface area contributed by atoms with Crippen molar-refractivity contribution < 1.29 is 18.7 Å². The van der Waals surface area contributed by atoms with Gasteiger partial charge in [0.25, 0.3) is 0 Å². The molecule has 0 aromatic heterocycles. The quantitative estimate of drug-likeness (QED) is 0.759. The minimum atomic E-state index is -0.732. The highest BCUT2D eigenvalue weighted by molar-refractivity contribution is 5.95. The Bertz CT molecular complexity index is 759. The van der Waals surface area contributed by atoms with E-state index in [0.717, 1.165) is 25.9 Å². The number of benzene rings is 1. The van der Waals surface area contributed by atoms with Crippen LogP contribution in [0.3, 0.4) is 0 Å². The number of rotatable bonds is 6. The van der Waals surface area contributed by atoms with Gasteiger partial charge in [0.05, 0.1) is 18.2 Å². The zero-order chi connectivity index (χ0) is 20.1. The summed E-state index contributed by atoms with van der Waals surface area (Å²) < 4.78 is 19.2. The topological polar surface area (TPSA) is 61.9 Å². The molecular weight excluding hydrogens is 361 g/mol. The summed E-state index contributed by atoms with van der Waals surface area (Å²) >= 11 is 0. The first-order valence-corrected chi connectivity index (χ1v) is 10.0. The molecule has 1 aromatic rings. The number of hydrogen-bond donors (Lipinski definition) is 1. The van der Waals surface area contributed by atoms with E-state index in [-0.39, 0.29) is 12.6 Å². The molecule has 0 bridgehead atoms. The van der Waals surface area contributed by atoms with Gasteiger partial charge in [-0.3, -0.25) is 9.80 Å². The molecule has 2 aliphatic heterocycles. The van der Waals surface area contributed by atoms with Gasteiger partial charge in [-0.15, -0.1) is 0 Å². The molecule has 1 N–H and O–H groups in total. The Balaban J connectivity index is 2.08. The van der Waals surface area contributed by atoms with E-state index in [2.05, 4.69) is 10.2 Å². The van der Waals surface area contributed by atoms with Gasteiger partial charge in [-0.1, -0.05) is 18.6 Å². The molecule has 0 saturated carbocycles. The molecular formula is C21H28FN3O3. The lowest BCUT2D eigenvalue weighted by Gasteiger charge is -2.38. The van der Waals surface area contributed by atoms with Crippen LogP contribution >= 0.6 is 0 Å². The van der Waals surface area contributed by atoms with E-state index in [9.17, 15) is 14.0 Å². The van der Waals surface area contributed by atoms with E-state index in [0.29, 0.717) is 29.9 Å². The van der Waals surface area contributed by atoms with E-state index in [1.54, 1.807) is 24.0 Å². The van der Waals surface area contributed by atoms with E-state index in [1.165, 1.54) is 18.6 Å². The van der Waals surface area contributed by atoms with Crippen LogP contribution < -0.4 is 5.32 Å². The number of esters is 1. The van der Waals surface area contributed by atoms with Crippen LogP contribution in [0.25, 0.3) is 0 Å². The maximum absolute atomic E-state index is 13.8. The van der Waals surface area contributed by atoms with Gasteiger partial charge in [-0.25, -0.2) is 14.0 Å². The van der Waals surface area contributed by atoms with Gasteiger partial charge in [0.2, 0.25) is 0 Å². The molecule has 2 heterocycles. The van der Waals surface area contributed by atoms with Crippen LogP contribution in [0.15, 0.2) is 35.5 Å². The second-order valence-electron chi connectivity index (χ2n) is 7.10. The fourth-order valence-corrected chi connectivity index (χ4v) is 3.92. The molecule has 1 atom stereocenters. The second-order valence-corrected chi connectivity index (χ2v) is 7.10. The first-order chi connectivity index (χ1) is 13.5. The van der Waals surface area contributed by atoms with Gasteiger partial charge in [0, 0.05) is 18.8 Å². The standard InChI is InChI=1S/C21H28FN3O3/c1-3-25-17(14-24-11-6-5-7-12-24)18(20(26)28-4-2)19(23-21(25)27)15-9-8-10-16(22)13-15/h8-10,13,19H,3-7,11-12,14H2,1-2H3,(H,23,27). The van der Waals surface area contributed by atoms with Crippen molar-refractivity contribution in [2.45, 2.75) is 39.2 Å². The summed E-state index contributed by atoms with van der Waals surface area (Å²) in [5.74, 6) is -0.882. The van der Waals surface area contributed by atoms with Crippen LogP contribution in [0, 0.1) is 5.82 Å².